The normalized spacial score (nSPS) is 9.46. The molecule has 0 unspecified atom stereocenters. The highest BCUT2D eigenvalue weighted by atomic mass is 35.5. The first-order valence-electron chi connectivity index (χ1n) is 3.57. The number of anilines is 1. The van der Waals surface area contributed by atoms with Gasteiger partial charge in [0.2, 0.25) is 0 Å². The molecule has 1 aromatic carbocycles. The summed E-state index contributed by atoms with van der Waals surface area (Å²) in [6, 6.07) is 4.23. The molecule has 0 aromatic heterocycles. The standard InChI is InChI=1S/C8H8ClFN2S/c1-11-8(13)12-7-4-5(9)2-3-6(7)10/h2-4H,1H3,(H2,11,12,13). The van der Waals surface area contributed by atoms with E-state index in [1.807, 2.05) is 0 Å². The van der Waals surface area contributed by atoms with Gasteiger partial charge in [-0.05, 0) is 30.4 Å². The Hall–Kier alpha value is -0.870. The lowest BCUT2D eigenvalue weighted by Crippen LogP contribution is -2.24. The second kappa shape index (κ2) is 4.39. The molecule has 2 N–H and O–H groups in total. The highest BCUT2D eigenvalue weighted by Gasteiger charge is 2.03. The monoisotopic (exact) mass is 218 g/mol. The third kappa shape index (κ3) is 2.82. The first-order chi connectivity index (χ1) is 6.13. The van der Waals surface area contributed by atoms with Crippen LogP contribution in [0, 0.1) is 5.82 Å². The SMILES string of the molecule is CNC(=S)Nc1cc(Cl)ccc1F. The summed E-state index contributed by atoms with van der Waals surface area (Å²) in [5.41, 5.74) is 0.270. The van der Waals surface area contributed by atoms with Gasteiger partial charge in [-0.1, -0.05) is 11.6 Å². The molecule has 1 aromatic rings. The van der Waals surface area contributed by atoms with Crippen LogP contribution in [0.3, 0.4) is 0 Å². The summed E-state index contributed by atoms with van der Waals surface area (Å²) in [5.74, 6) is -0.387. The summed E-state index contributed by atoms with van der Waals surface area (Å²) >= 11 is 10.5. The highest BCUT2D eigenvalue weighted by molar-refractivity contribution is 7.80. The zero-order chi connectivity index (χ0) is 9.84. The molecule has 1 rings (SSSR count). The average Bonchev–Trinajstić information content (AvgIpc) is 2.11. The third-order valence-electron chi connectivity index (χ3n) is 1.40. The minimum Gasteiger partial charge on any atom is -0.366 e. The van der Waals surface area contributed by atoms with Gasteiger partial charge in [0.15, 0.2) is 5.11 Å². The van der Waals surface area contributed by atoms with Crippen LogP contribution < -0.4 is 10.6 Å². The molecule has 5 heteroatoms. The molecular formula is C8H8ClFN2S. The van der Waals surface area contributed by atoms with Crippen LogP contribution in [0.25, 0.3) is 0 Å². The predicted molar refractivity (Wildman–Crippen MR) is 56.7 cm³/mol. The lowest BCUT2D eigenvalue weighted by atomic mass is 10.3. The van der Waals surface area contributed by atoms with E-state index in [1.165, 1.54) is 18.2 Å². The van der Waals surface area contributed by atoms with Gasteiger partial charge < -0.3 is 10.6 Å². The minimum atomic E-state index is -0.387. The van der Waals surface area contributed by atoms with E-state index in [0.29, 0.717) is 10.1 Å². The molecule has 0 saturated heterocycles. The van der Waals surface area contributed by atoms with Gasteiger partial charge in [0.05, 0.1) is 5.69 Å². The van der Waals surface area contributed by atoms with Gasteiger partial charge in [0.1, 0.15) is 5.82 Å². The van der Waals surface area contributed by atoms with Crippen LogP contribution in [0.15, 0.2) is 18.2 Å². The van der Waals surface area contributed by atoms with Crippen LogP contribution in [0.4, 0.5) is 10.1 Å². The number of halogens is 2. The molecule has 0 heterocycles. The van der Waals surface area contributed by atoms with Crippen LogP contribution in [-0.2, 0) is 0 Å². The van der Waals surface area contributed by atoms with Crippen LogP contribution in [0.5, 0.6) is 0 Å². The van der Waals surface area contributed by atoms with Crippen molar-refractivity contribution in [2.45, 2.75) is 0 Å². The second-order valence-corrected chi connectivity index (χ2v) is 3.17. The molecule has 0 spiro atoms. The largest absolute Gasteiger partial charge is 0.366 e. The number of rotatable bonds is 1. The average molecular weight is 219 g/mol. The van der Waals surface area contributed by atoms with E-state index in [9.17, 15) is 4.39 Å². The second-order valence-electron chi connectivity index (χ2n) is 2.33. The summed E-state index contributed by atoms with van der Waals surface area (Å²) in [6.07, 6.45) is 0. The Kier molecular flexibility index (Phi) is 3.45. The van der Waals surface area contributed by atoms with E-state index in [1.54, 1.807) is 7.05 Å². The Morgan fingerprint density at radius 1 is 1.54 bits per heavy atom. The van der Waals surface area contributed by atoms with E-state index in [2.05, 4.69) is 10.6 Å². The molecule has 0 atom stereocenters. The maximum atomic E-state index is 13.1. The first kappa shape index (κ1) is 10.2. The zero-order valence-corrected chi connectivity index (χ0v) is 8.47. The van der Waals surface area contributed by atoms with Crippen LogP contribution in [0.1, 0.15) is 0 Å². The van der Waals surface area contributed by atoms with Crippen molar-refractivity contribution in [3.05, 3.63) is 29.0 Å². The maximum absolute atomic E-state index is 13.1. The van der Waals surface area contributed by atoms with Gasteiger partial charge in [0, 0.05) is 12.1 Å². The Morgan fingerprint density at radius 2 is 2.23 bits per heavy atom. The number of hydrogen-bond donors (Lipinski definition) is 2. The number of thiocarbonyl (C=S) groups is 1. The number of benzene rings is 1. The summed E-state index contributed by atoms with van der Waals surface area (Å²) < 4.78 is 13.1. The van der Waals surface area contributed by atoms with Gasteiger partial charge in [-0.3, -0.25) is 0 Å². The maximum Gasteiger partial charge on any atom is 0.170 e. The Labute approximate surface area is 86.1 Å². The van der Waals surface area contributed by atoms with Gasteiger partial charge in [-0.25, -0.2) is 4.39 Å². The van der Waals surface area contributed by atoms with E-state index >= 15 is 0 Å². The lowest BCUT2D eigenvalue weighted by Gasteiger charge is -2.07. The van der Waals surface area contributed by atoms with Crippen molar-refractivity contribution in [1.82, 2.24) is 5.32 Å². The molecule has 0 aliphatic heterocycles. The zero-order valence-electron chi connectivity index (χ0n) is 6.90. The Balaban J connectivity index is 2.87. The minimum absolute atomic E-state index is 0.270. The van der Waals surface area contributed by atoms with Crippen LogP contribution in [0.2, 0.25) is 5.02 Å². The highest BCUT2D eigenvalue weighted by Crippen LogP contribution is 2.19. The van der Waals surface area contributed by atoms with Crippen molar-refractivity contribution in [2.75, 3.05) is 12.4 Å². The molecular weight excluding hydrogens is 211 g/mol. The molecule has 0 saturated carbocycles. The van der Waals surface area contributed by atoms with Crippen molar-refractivity contribution in [3.63, 3.8) is 0 Å². The van der Waals surface area contributed by atoms with E-state index in [4.69, 9.17) is 23.8 Å². The van der Waals surface area contributed by atoms with Crippen molar-refractivity contribution < 1.29 is 4.39 Å². The van der Waals surface area contributed by atoms with Gasteiger partial charge in [-0.15, -0.1) is 0 Å². The first-order valence-corrected chi connectivity index (χ1v) is 4.36. The Bertz CT molecular complexity index is 330. The number of nitrogens with one attached hydrogen (secondary N) is 2. The predicted octanol–water partition coefficient (Wildman–Crippen LogP) is 2.40. The van der Waals surface area contributed by atoms with E-state index in [0.717, 1.165) is 0 Å². The smallest absolute Gasteiger partial charge is 0.170 e. The van der Waals surface area contributed by atoms with Gasteiger partial charge >= 0.3 is 0 Å². The van der Waals surface area contributed by atoms with E-state index in [-0.39, 0.29) is 11.5 Å². The molecule has 13 heavy (non-hydrogen) atoms. The van der Waals surface area contributed by atoms with Gasteiger partial charge in [-0.2, -0.15) is 0 Å². The fourth-order valence-electron chi connectivity index (χ4n) is 0.778. The molecule has 0 amide bonds. The molecule has 0 aliphatic carbocycles. The summed E-state index contributed by atoms with van der Waals surface area (Å²) in [7, 11) is 1.65. The molecule has 0 radical (unpaired) electrons. The van der Waals surface area contributed by atoms with Gasteiger partial charge in [0.25, 0.3) is 0 Å². The summed E-state index contributed by atoms with van der Waals surface area (Å²) in [5, 5.41) is 6.14. The molecule has 0 bridgehead atoms. The van der Waals surface area contributed by atoms with E-state index < -0.39 is 0 Å². The number of hydrogen-bond acceptors (Lipinski definition) is 1. The molecule has 70 valence electrons. The van der Waals surface area contributed by atoms with Crippen molar-refractivity contribution in [1.29, 1.82) is 0 Å². The van der Waals surface area contributed by atoms with Crippen LogP contribution >= 0.6 is 23.8 Å². The fourth-order valence-corrected chi connectivity index (χ4v) is 1.06. The molecule has 0 aliphatic rings. The summed E-state index contributed by atoms with van der Waals surface area (Å²) in [4.78, 5) is 0. The molecule has 2 nitrogen and oxygen atoms in total. The molecule has 0 fully saturated rings. The Morgan fingerprint density at radius 3 is 2.85 bits per heavy atom. The fraction of sp³-hybridized carbons (Fsp3) is 0.125. The lowest BCUT2D eigenvalue weighted by molar-refractivity contribution is 0.632. The van der Waals surface area contributed by atoms with Crippen molar-refractivity contribution >= 4 is 34.6 Å². The third-order valence-corrected chi connectivity index (χ3v) is 1.94. The topological polar surface area (TPSA) is 24.1 Å². The van der Waals surface area contributed by atoms with Crippen molar-refractivity contribution in [3.8, 4) is 0 Å². The summed E-state index contributed by atoms with van der Waals surface area (Å²) in [6.45, 7) is 0. The van der Waals surface area contributed by atoms with Crippen molar-refractivity contribution in [2.24, 2.45) is 0 Å². The quantitative estimate of drug-likeness (QED) is 0.708. The van der Waals surface area contributed by atoms with Crippen LogP contribution in [-0.4, -0.2) is 12.2 Å².